The van der Waals surface area contributed by atoms with Crippen molar-refractivity contribution in [2.75, 3.05) is 19.6 Å². The van der Waals surface area contributed by atoms with Crippen LogP contribution in [0.15, 0.2) is 52.2 Å². The molecule has 3 aromatic rings. The number of sulfonamides is 1. The topological polar surface area (TPSA) is 99.3 Å². The van der Waals surface area contributed by atoms with Gasteiger partial charge >= 0.3 is 0 Å². The van der Waals surface area contributed by atoms with Crippen LogP contribution >= 0.6 is 0 Å². The second kappa shape index (κ2) is 9.67. The van der Waals surface area contributed by atoms with E-state index in [-0.39, 0.29) is 22.9 Å². The van der Waals surface area contributed by atoms with Crippen molar-refractivity contribution in [2.24, 2.45) is 0 Å². The number of nitrogens with zero attached hydrogens (tertiary/aromatic N) is 1. The second-order valence-corrected chi connectivity index (χ2v) is 9.67. The highest BCUT2D eigenvalue weighted by Gasteiger charge is 2.21. The Labute approximate surface area is 188 Å². The number of fused-ring (bicyclic) bond motifs is 1. The third-order valence-corrected chi connectivity index (χ3v) is 7.72. The molecular weight excluding hydrogens is 426 g/mol. The van der Waals surface area contributed by atoms with Crippen LogP contribution in [-0.4, -0.2) is 43.2 Å². The minimum atomic E-state index is -3.56. The average molecular weight is 456 g/mol. The van der Waals surface area contributed by atoms with E-state index in [1.54, 1.807) is 13.8 Å². The first kappa shape index (κ1) is 23.7. The van der Waals surface area contributed by atoms with Crippen LogP contribution in [-0.2, 0) is 16.4 Å². The van der Waals surface area contributed by atoms with E-state index in [1.807, 2.05) is 32.0 Å². The Balaban J connectivity index is 1.68. The fourth-order valence-electron chi connectivity index (χ4n) is 3.71. The highest BCUT2D eigenvalue weighted by Crippen LogP contribution is 2.20. The smallest absolute Gasteiger partial charge is 0.251 e. The molecule has 7 nitrogen and oxygen atoms in total. The van der Waals surface area contributed by atoms with Crippen molar-refractivity contribution in [1.29, 1.82) is 0 Å². The number of nitrogens with one attached hydrogen (secondary N) is 2. The number of aromatic nitrogens is 1. The maximum absolute atomic E-state index is 12.6. The number of rotatable bonds is 8. The largest absolute Gasteiger partial charge is 0.352 e. The molecule has 0 unspecified atom stereocenters. The van der Waals surface area contributed by atoms with E-state index in [4.69, 9.17) is 0 Å². The van der Waals surface area contributed by atoms with Gasteiger partial charge in [0, 0.05) is 36.1 Å². The van der Waals surface area contributed by atoms with Crippen LogP contribution in [0.3, 0.4) is 0 Å². The minimum Gasteiger partial charge on any atom is -0.352 e. The Morgan fingerprint density at radius 2 is 1.62 bits per heavy atom. The molecule has 0 fully saturated rings. The molecule has 0 saturated carbocycles. The summed E-state index contributed by atoms with van der Waals surface area (Å²) >= 11 is 0. The van der Waals surface area contributed by atoms with Gasteiger partial charge in [-0.2, -0.15) is 4.31 Å². The molecule has 0 radical (unpaired) electrons. The summed E-state index contributed by atoms with van der Waals surface area (Å²) in [7, 11) is -3.56. The van der Waals surface area contributed by atoms with Gasteiger partial charge in [0.2, 0.25) is 10.0 Å². The Morgan fingerprint density at radius 1 is 1.00 bits per heavy atom. The molecular formula is C24H29N3O4S. The van der Waals surface area contributed by atoms with E-state index < -0.39 is 10.0 Å². The molecule has 0 aliphatic rings. The van der Waals surface area contributed by atoms with Crippen LogP contribution < -0.4 is 10.9 Å². The predicted molar refractivity (Wildman–Crippen MR) is 127 cm³/mol. The number of carbonyl (C=O) groups excluding carboxylic acids is 1. The van der Waals surface area contributed by atoms with Crippen LogP contribution in [0, 0.1) is 13.8 Å². The van der Waals surface area contributed by atoms with Gasteiger partial charge in [-0.3, -0.25) is 9.59 Å². The maximum atomic E-state index is 12.6. The lowest BCUT2D eigenvalue weighted by atomic mass is 10.0. The summed E-state index contributed by atoms with van der Waals surface area (Å²) in [5, 5.41) is 3.80. The summed E-state index contributed by atoms with van der Waals surface area (Å²) in [6.07, 6.45) is 0.388. The van der Waals surface area contributed by atoms with E-state index in [1.165, 1.54) is 28.6 Å². The standard InChI is InChI=1S/C24H29N3O4S/c1-5-27(6-2)32(30,31)20-11-9-18(10-12-20)23(28)25-14-13-19-15-21-16(3)7-8-17(4)22(21)26-24(19)29/h7-12,15H,5-6,13-14H2,1-4H3,(H,25,28)(H,26,29). The van der Waals surface area contributed by atoms with Crippen molar-refractivity contribution in [1.82, 2.24) is 14.6 Å². The first-order valence-electron chi connectivity index (χ1n) is 10.7. The zero-order valence-corrected chi connectivity index (χ0v) is 19.7. The molecule has 32 heavy (non-hydrogen) atoms. The van der Waals surface area contributed by atoms with Crippen molar-refractivity contribution < 1.29 is 13.2 Å². The summed E-state index contributed by atoms with van der Waals surface area (Å²) in [6, 6.07) is 11.8. The van der Waals surface area contributed by atoms with Gasteiger partial charge in [0.1, 0.15) is 0 Å². The summed E-state index contributed by atoms with van der Waals surface area (Å²) in [4.78, 5) is 28.0. The summed E-state index contributed by atoms with van der Waals surface area (Å²) in [5.74, 6) is -0.318. The van der Waals surface area contributed by atoms with Gasteiger partial charge in [0.05, 0.1) is 10.4 Å². The molecule has 0 aliphatic carbocycles. The van der Waals surface area contributed by atoms with Crippen LogP contribution in [0.25, 0.3) is 10.9 Å². The molecule has 0 bridgehead atoms. The summed E-state index contributed by atoms with van der Waals surface area (Å²) in [6.45, 7) is 8.57. The Bertz CT molecular complexity index is 1290. The normalized spacial score (nSPS) is 11.8. The van der Waals surface area contributed by atoms with E-state index in [9.17, 15) is 18.0 Å². The van der Waals surface area contributed by atoms with Gasteiger partial charge in [-0.05, 0) is 61.7 Å². The molecule has 2 N–H and O–H groups in total. The zero-order chi connectivity index (χ0) is 23.5. The number of benzene rings is 2. The van der Waals surface area contributed by atoms with Crippen molar-refractivity contribution in [3.63, 3.8) is 0 Å². The molecule has 0 spiro atoms. The molecule has 2 aromatic carbocycles. The maximum Gasteiger partial charge on any atom is 0.251 e. The Hall–Kier alpha value is -2.97. The Kier molecular flexibility index (Phi) is 7.16. The summed E-state index contributed by atoms with van der Waals surface area (Å²) in [5.41, 5.74) is 3.73. The Morgan fingerprint density at radius 3 is 2.25 bits per heavy atom. The summed E-state index contributed by atoms with van der Waals surface area (Å²) < 4.78 is 26.5. The molecule has 0 saturated heterocycles. The quantitative estimate of drug-likeness (QED) is 0.545. The molecule has 170 valence electrons. The number of aryl methyl sites for hydroxylation is 2. The number of aromatic amines is 1. The van der Waals surface area contributed by atoms with E-state index in [0.717, 1.165) is 22.0 Å². The molecule has 1 heterocycles. The first-order chi connectivity index (χ1) is 15.2. The third-order valence-electron chi connectivity index (χ3n) is 5.66. The van der Waals surface area contributed by atoms with Gasteiger partial charge in [0.25, 0.3) is 11.5 Å². The van der Waals surface area contributed by atoms with E-state index in [0.29, 0.717) is 30.6 Å². The molecule has 1 amide bonds. The first-order valence-corrected chi connectivity index (χ1v) is 12.1. The minimum absolute atomic E-state index is 0.158. The number of carbonyl (C=O) groups is 1. The van der Waals surface area contributed by atoms with Crippen LogP contribution in [0.4, 0.5) is 0 Å². The number of pyridine rings is 1. The zero-order valence-electron chi connectivity index (χ0n) is 18.9. The van der Waals surface area contributed by atoms with Crippen molar-refractivity contribution in [3.8, 4) is 0 Å². The third kappa shape index (κ3) is 4.76. The predicted octanol–water partition coefficient (Wildman–Crippen LogP) is 3.15. The van der Waals surface area contributed by atoms with Gasteiger partial charge in [-0.25, -0.2) is 8.42 Å². The highest BCUT2D eigenvalue weighted by molar-refractivity contribution is 7.89. The number of hydrogen-bond acceptors (Lipinski definition) is 4. The molecule has 0 atom stereocenters. The molecule has 0 aliphatic heterocycles. The SMILES string of the molecule is CCN(CC)S(=O)(=O)c1ccc(C(=O)NCCc2cc3c(C)ccc(C)c3[nH]c2=O)cc1. The van der Waals surface area contributed by atoms with Gasteiger partial charge in [-0.15, -0.1) is 0 Å². The fraction of sp³-hybridized carbons (Fsp3) is 0.333. The highest BCUT2D eigenvalue weighted by atomic mass is 32.2. The van der Waals surface area contributed by atoms with Crippen molar-refractivity contribution >= 4 is 26.8 Å². The van der Waals surface area contributed by atoms with Gasteiger partial charge < -0.3 is 10.3 Å². The van der Waals surface area contributed by atoms with Crippen molar-refractivity contribution in [3.05, 3.63) is 75.1 Å². The number of hydrogen-bond donors (Lipinski definition) is 2. The lowest BCUT2D eigenvalue weighted by Gasteiger charge is -2.18. The second-order valence-electron chi connectivity index (χ2n) is 7.73. The fourth-order valence-corrected chi connectivity index (χ4v) is 5.17. The number of amides is 1. The molecule has 3 rings (SSSR count). The molecule has 8 heteroatoms. The van der Waals surface area contributed by atoms with Gasteiger partial charge in [0.15, 0.2) is 0 Å². The molecule has 1 aromatic heterocycles. The monoisotopic (exact) mass is 455 g/mol. The van der Waals surface area contributed by atoms with Crippen LogP contribution in [0.1, 0.15) is 40.9 Å². The van der Waals surface area contributed by atoms with E-state index in [2.05, 4.69) is 10.3 Å². The van der Waals surface area contributed by atoms with Crippen molar-refractivity contribution in [2.45, 2.75) is 39.0 Å². The van der Waals surface area contributed by atoms with Crippen LogP contribution in [0.5, 0.6) is 0 Å². The lowest BCUT2D eigenvalue weighted by Crippen LogP contribution is -2.30. The van der Waals surface area contributed by atoms with Gasteiger partial charge in [-0.1, -0.05) is 26.0 Å². The van der Waals surface area contributed by atoms with E-state index >= 15 is 0 Å². The number of H-pyrrole nitrogens is 1. The van der Waals surface area contributed by atoms with Crippen LogP contribution in [0.2, 0.25) is 0 Å². The lowest BCUT2D eigenvalue weighted by molar-refractivity contribution is 0.0954. The average Bonchev–Trinajstić information content (AvgIpc) is 2.77.